The first-order valence-corrected chi connectivity index (χ1v) is 16.1. The SMILES string of the molecule is c1ccc(-c2ccc3cc(-c4cccc5c4oc4cccc(-c6nc(-c7ccccc7)nc7c6oc6ccccc67)c45)ccc3c2)cc1. The van der Waals surface area contributed by atoms with Gasteiger partial charge in [0.05, 0.1) is 0 Å². The molecule has 0 atom stereocenters. The minimum absolute atomic E-state index is 0.654. The van der Waals surface area contributed by atoms with Gasteiger partial charge in [0.25, 0.3) is 0 Å². The topological polar surface area (TPSA) is 52.1 Å². The standard InChI is InChI=1S/C44H26N2O2/c1-3-11-27(12-4-1)29-21-22-31-26-32(24-23-30(31)25-29)33-16-9-18-36-39-35(17-10-20-38(39)48-42(33)36)41-43-40(34-15-7-8-19-37(34)47-43)45-44(46-41)28-13-5-2-6-14-28/h1-26H. The van der Waals surface area contributed by atoms with Crippen LogP contribution in [-0.2, 0) is 0 Å². The molecule has 48 heavy (non-hydrogen) atoms. The maximum absolute atomic E-state index is 6.70. The van der Waals surface area contributed by atoms with E-state index in [2.05, 4.69) is 91.0 Å². The lowest BCUT2D eigenvalue weighted by Gasteiger charge is -2.08. The Morgan fingerprint density at radius 1 is 0.396 bits per heavy atom. The Morgan fingerprint density at radius 3 is 1.85 bits per heavy atom. The molecule has 0 fully saturated rings. The molecule has 3 aromatic heterocycles. The van der Waals surface area contributed by atoms with Crippen LogP contribution in [0.1, 0.15) is 0 Å². The van der Waals surface area contributed by atoms with Crippen molar-refractivity contribution in [2.45, 2.75) is 0 Å². The highest BCUT2D eigenvalue weighted by molar-refractivity contribution is 6.18. The summed E-state index contributed by atoms with van der Waals surface area (Å²) in [6, 6.07) is 54.5. The van der Waals surface area contributed by atoms with Crippen LogP contribution in [0.15, 0.2) is 167 Å². The average molecular weight is 615 g/mol. The van der Waals surface area contributed by atoms with Crippen molar-refractivity contribution in [3.05, 3.63) is 158 Å². The fourth-order valence-electron chi connectivity index (χ4n) is 6.99. The molecule has 4 heteroatoms. The van der Waals surface area contributed by atoms with E-state index in [4.69, 9.17) is 18.8 Å². The minimum Gasteiger partial charge on any atom is -0.455 e. The van der Waals surface area contributed by atoms with Crippen LogP contribution in [0, 0.1) is 0 Å². The summed E-state index contributed by atoms with van der Waals surface area (Å²) in [5.74, 6) is 0.654. The van der Waals surface area contributed by atoms with E-state index in [1.54, 1.807) is 0 Å². The van der Waals surface area contributed by atoms with Gasteiger partial charge in [-0.05, 0) is 57.8 Å². The van der Waals surface area contributed by atoms with Crippen LogP contribution < -0.4 is 0 Å². The third-order valence-electron chi connectivity index (χ3n) is 9.29. The molecular formula is C44H26N2O2. The maximum atomic E-state index is 6.70. The van der Waals surface area contributed by atoms with Gasteiger partial charge in [0, 0.05) is 32.8 Å². The van der Waals surface area contributed by atoms with Crippen LogP contribution in [0.2, 0.25) is 0 Å². The summed E-state index contributed by atoms with van der Waals surface area (Å²) >= 11 is 0. The fraction of sp³-hybridized carbons (Fsp3) is 0. The molecule has 224 valence electrons. The van der Waals surface area contributed by atoms with E-state index >= 15 is 0 Å². The van der Waals surface area contributed by atoms with Gasteiger partial charge in [-0.25, -0.2) is 9.97 Å². The van der Waals surface area contributed by atoms with Crippen LogP contribution in [0.25, 0.3) is 99.7 Å². The third kappa shape index (κ3) is 4.16. The Morgan fingerprint density at radius 2 is 1.02 bits per heavy atom. The average Bonchev–Trinajstić information content (AvgIpc) is 3.73. The van der Waals surface area contributed by atoms with Crippen molar-refractivity contribution >= 4 is 54.8 Å². The Hall–Kier alpha value is -6.52. The van der Waals surface area contributed by atoms with E-state index in [-0.39, 0.29) is 0 Å². The Kier molecular flexibility index (Phi) is 5.84. The van der Waals surface area contributed by atoms with Gasteiger partial charge in [0.1, 0.15) is 28.0 Å². The summed E-state index contributed by atoms with van der Waals surface area (Å²) < 4.78 is 13.2. The summed E-state index contributed by atoms with van der Waals surface area (Å²) in [5.41, 5.74) is 11.1. The minimum atomic E-state index is 0.654. The number of nitrogens with zero attached hydrogens (tertiary/aromatic N) is 2. The van der Waals surface area contributed by atoms with Crippen LogP contribution in [0.3, 0.4) is 0 Å². The maximum Gasteiger partial charge on any atom is 0.180 e. The van der Waals surface area contributed by atoms with E-state index in [9.17, 15) is 0 Å². The molecule has 0 saturated carbocycles. The first-order valence-electron chi connectivity index (χ1n) is 16.1. The van der Waals surface area contributed by atoms with Gasteiger partial charge < -0.3 is 8.83 Å². The van der Waals surface area contributed by atoms with E-state index < -0.39 is 0 Å². The van der Waals surface area contributed by atoms with Crippen molar-refractivity contribution < 1.29 is 8.83 Å². The van der Waals surface area contributed by atoms with Crippen molar-refractivity contribution in [2.24, 2.45) is 0 Å². The number of para-hydroxylation sites is 2. The molecule has 4 nitrogen and oxygen atoms in total. The Bertz CT molecular complexity index is 2830. The van der Waals surface area contributed by atoms with Crippen molar-refractivity contribution in [1.82, 2.24) is 9.97 Å². The number of hydrogen-bond acceptors (Lipinski definition) is 4. The zero-order valence-electron chi connectivity index (χ0n) is 25.7. The predicted molar refractivity (Wildman–Crippen MR) is 196 cm³/mol. The lowest BCUT2D eigenvalue weighted by molar-refractivity contribution is 0.667. The van der Waals surface area contributed by atoms with Crippen molar-refractivity contribution in [1.29, 1.82) is 0 Å². The number of hydrogen-bond donors (Lipinski definition) is 0. The molecule has 10 rings (SSSR count). The second kappa shape index (κ2) is 10.5. The van der Waals surface area contributed by atoms with Crippen LogP contribution in [0.5, 0.6) is 0 Å². The highest BCUT2D eigenvalue weighted by Gasteiger charge is 2.22. The quantitative estimate of drug-likeness (QED) is 0.198. The molecular weight excluding hydrogens is 588 g/mol. The number of furan rings is 2. The summed E-state index contributed by atoms with van der Waals surface area (Å²) in [4.78, 5) is 10.2. The monoisotopic (exact) mass is 614 g/mol. The van der Waals surface area contributed by atoms with E-state index in [1.165, 1.54) is 21.9 Å². The number of fused-ring (bicyclic) bond motifs is 7. The predicted octanol–water partition coefficient (Wildman–Crippen LogP) is 12.1. The number of aromatic nitrogens is 2. The molecule has 0 amide bonds. The van der Waals surface area contributed by atoms with Gasteiger partial charge >= 0.3 is 0 Å². The fourth-order valence-corrected chi connectivity index (χ4v) is 6.99. The second-order valence-corrected chi connectivity index (χ2v) is 12.1. The molecule has 0 bridgehead atoms. The van der Waals surface area contributed by atoms with Gasteiger partial charge in [-0.2, -0.15) is 0 Å². The summed E-state index contributed by atoms with van der Waals surface area (Å²) in [5, 5.41) is 5.38. The molecule has 0 saturated heterocycles. The zero-order chi connectivity index (χ0) is 31.6. The normalized spacial score (nSPS) is 11.8. The third-order valence-corrected chi connectivity index (χ3v) is 9.29. The van der Waals surface area contributed by atoms with E-state index in [0.29, 0.717) is 11.4 Å². The lowest BCUT2D eigenvalue weighted by Crippen LogP contribution is -1.94. The molecule has 0 unspecified atom stereocenters. The molecule has 0 spiro atoms. The largest absolute Gasteiger partial charge is 0.455 e. The number of benzene rings is 7. The summed E-state index contributed by atoms with van der Waals surface area (Å²) in [7, 11) is 0. The van der Waals surface area contributed by atoms with Gasteiger partial charge in [0.15, 0.2) is 11.4 Å². The highest BCUT2D eigenvalue weighted by Crippen LogP contribution is 2.43. The van der Waals surface area contributed by atoms with Gasteiger partial charge in [0.2, 0.25) is 0 Å². The van der Waals surface area contributed by atoms with Gasteiger partial charge in [-0.15, -0.1) is 0 Å². The highest BCUT2D eigenvalue weighted by atomic mass is 16.3. The van der Waals surface area contributed by atoms with Crippen molar-refractivity contribution in [2.75, 3.05) is 0 Å². The van der Waals surface area contributed by atoms with E-state index in [0.717, 1.165) is 66.4 Å². The van der Waals surface area contributed by atoms with Crippen LogP contribution in [0.4, 0.5) is 0 Å². The first kappa shape index (κ1) is 26.7. The molecule has 0 aliphatic carbocycles. The van der Waals surface area contributed by atoms with Crippen molar-refractivity contribution in [3.63, 3.8) is 0 Å². The lowest BCUT2D eigenvalue weighted by atomic mass is 9.96. The summed E-state index contributed by atoms with van der Waals surface area (Å²) in [6.07, 6.45) is 0. The first-order chi connectivity index (χ1) is 23.8. The Labute approximate surface area is 275 Å². The van der Waals surface area contributed by atoms with Crippen LogP contribution >= 0.6 is 0 Å². The molecule has 3 heterocycles. The Balaban J connectivity index is 1.18. The van der Waals surface area contributed by atoms with E-state index in [1.807, 2.05) is 66.7 Å². The summed E-state index contributed by atoms with van der Waals surface area (Å²) in [6.45, 7) is 0. The smallest absolute Gasteiger partial charge is 0.180 e. The molecule has 0 N–H and O–H groups in total. The van der Waals surface area contributed by atoms with Crippen LogP contribution in [-0.4, -0.2) is 9.97 Å². The molecule has 0 aliphatic rings. The number of rotatable bonds is 4. The molecule has 0 aliphatic heterocycles. The van der Waals surface area contributed by atoms with Crippen molar-refractivity contribution in [3.8, 4) is 44.9 Å². The van der Waals surface area contributed by atoms with Gasteiger partial charge in [-0.3, -0.25) is 0 Å². The molecule has 7 aromatic carbocycles. The zero-order valence-corrected chi connectivity index (χ0v) is 25.7. The molecule has 10 aromatic rings. The van der Waals surface area contributed by atoms with Gasteiger partial charge in [-0.1, -0.05) is 127 Å². The molecule has 0 radical (unpaired) electrons. The second-order valence-electron chi connectivity index (χ2n) is 12.1.